The summed E-state index contributed by atoms with van der Waals surface area (Å²) in [4.78, 5) is 39.7. The predicted octanol–water partition coefficient (Wildman–Crippen LogP) is 0.556. The Morgan fingerprint density at radius 1 is 1.13 bits per heavy atom. The van der Waals surface area contributed by atoms with E-state index in [4.69, 9.17) is 4.52 Å². The van der Waals surface area contributed by atoms with Crippen LogP contribution in [0.25, 0.3) is 11.4 Å². The third-order valence-corrected chi connectivity index (χ3v) is 3.93. The van der Waals surface area contributed by atoms with Crippen LogP contribution in [0.4, 0.5) is 4.39 Å². The lowest BCUT2D eigenvalue weighted by atomic mass is 10.2. The molecule has 3 rings (SSSR count). The predicted molar refractivity (Wildman–Crippen MR) is 98.9 cm³/mol. The van der Waals surface area contributed by atoms with Crippen molar-refractivity contribution in [2.24, 2.45) is 7.05 Å². The smallest absolute Gasteiger partial charge is 0.358 e. The van der Waals surface area contributed by atoms with Gasteiger partial charge in [-0.2, -0.15) is 10.1 Å². The van der Waals surface area contributed by atoms with E-state index in [-0.39, 0.29) is 36.2 Å². The van der Waals surface area contributed by atoms with E-state index in [1.165, 1.54) is 49.2 Å². The standard InChI is InChI=1S/C18H17FN6O5/c1-25-13(9-12(23-25)18(28)29-2)15(26)20-7-8-21-16(27)17-22-14(24-30-17)10-3-5-11(19)6-4-10/h3-6,9H,7-8H2,1-2H3,(H,20,26)(H,21,27). The minimum absolute atomic E-state index is 0.00630. The molecule has 0 atom stereocenters. The zero-order valence-corrected chi connectivity index (χ0v) is 16.0. The molecule has 30 heavy (non-hydrogen) atoms. The highest BCUT2D eigenvalue weighted by Crippen LogP contribution is 2.16. The number of carbonyl (C=O) groups excluding carboxylic acids is 3. The maximum Gasteiger partial charge on any atom is 0.358 e. The minimum Gasteiger partial charge on any atom is -0.464 e. The van der Waals surface area contributed by atoms with Crippen LogP contribution in [0.15, 0.2) is 34.9 Å². The first-order chi connectivity index (χ1) is 14.4. The van der Waals surface area contributed by atoms with Crippen molar-refractivity contribution in [2.75, 3.05) is 20.2 Å². The molecule has 0 saturated carbocycles. The van der Waals surface area contributed by atoms with Crippen LogP contribution in [0.2, 0.25) is 0 Å². The number of benzene rings is 1. The molecule has 0 aliphatic rings. The summed E-state index contributed by atoms with van der Waals surface area (Å²) in [5, 5.41) is 12.7. The third kappa shape index (κ3) is 4.66. The zero-order chi connectivity index (χ0) is 21.7. The molecule has 2 aromatic heterocycles. The molecule has 3 aromatic rings. The van der Waals surface area contributed by atoms with Gasteiger partial charge in [0.05, 0.1) is 7.11 Å². The Morgan fingerprint density at radius 2 is 1.80 bits per heavy atom. The number of esters is 1. The monoisotopic (exact) mass is 416 g/mol. The fraction of sp³-hybridized carbons (Fsp3) is 0.222. The van der Waals surface area contributed by atoms with Gasteiger partial charge in [-0.3, -0.25) is 14.3 Å². The summed E-state index contributed by atoms with van der Waals surface area (Å²) in [6.07, 6.45) is 0. The Morgan fingerprint density at radius 3 is 2.47 bits per heavy atom. The van der Waals surface area contributed by atoms with E-state index in [0.29, 0.717) is 5.56 Å². The van der Waals surface area contributed by atoms with Crippen molar-refractivity contribution in [1.82, 2.24) is 30.6 Å². The molecule has 2 N–H and O–H groups in total. The second-order valence-corrected chi connectivity index (χ2v) is 5.97. The molecule has 0 spiro atoms. The first kappa shape index (κ1) is 20.6. The summed E-state index contributed by atoms with van der Waals surface area (Å²) in [5.74, 6) is -2.29. The molecule has 0 unspecified atom stereocenters. The Bertz CT molecular complexity index is 1080. The van der Waals surface area contributed by atoms with E-state index in [1.54, 1.807) is 0 Å². The lowest BCUT2D eigenvalue weighted by molar-refractivity contribution is 0.0593. The van der Waals surface area contributed by atoms with Crippen LogP contribution in [-0.4, -0.2) is 57.9 Å². The summed E-state index contributed by atoms with van der Waals surface area (Å²) in [5.41, 5.74) is 0.656. The molecule has 0 aliphatic heterocycles. The first-order valence-electron chi connectivity index (χ1n) is 8.67. The van der Waals surface area contributed by atoms with Crippen molar-refractivity contribution in [3.8, 4) is 11.4 Å². The molecule has 0 aliphatic carbocycles. The molecule has 1 aromatic carbocycles. The fourth-order valence-electron chi connectivity index (χ4n) is 2.43. The van der Waals surface area contributed by atoms with Gasteiger partial charge in [0.25, 0.3) is 5.91 Å². The topological polar surface area (TPSA) is 141 Å². The number of nitrogens with zero attached hydrogens (tertiary/aromatic N) is 4. The van der Waals surface area contributed by atoms with Gasteiger partial charge in [-0.15, -0.1) is 0 Å². The number of carbonyl (C=O) groups is 3. The number of aromatic nitrogens is 4. The van der Waals surface area contributed by atoms with Crippen molar-refractivity contribution in [1.29, 1.82) is 0 Å². The quantitative estimate of drug-likeness (QED) is 0.420. The Labute approximate surface area is 169 Å². The molecule has 2 heterocycles. The number of amides is 2. The van der Waals surface area contributed by atoms with Crippen LogP contribution >= 0.6 is 0 Å². The van der Waals surface area contributed by atoms with E-state index in [9.17, 15) is 18.8 Å². The van der Waals surface area contributed by atoms with Crippen molar-refractivity contribution in [3.05, 3.63) is 53.4 Å². The normalized spacial score (nSPS) is 10.5. The molecular formula is C18H17FN6O5. The zero-order valence-electron chi connectivity index (χ0n) is 16.0. The Kier molecular flexibility index (Phi) is 6.15. The van der Waals surface area contributed by atoms with Crippen LogP contribution < -0.4 is 10.6 Å². The number of ether oxygens (including phenoxy) is 1. The number of aryl methyl sites for hydroxylation is 1. The molecule has 11 nitrogen and oxygen atoms in total. The first-order valence-corrected chi connectivity index (χ1v) is 8.67. The van der Waals surface area contributed by atoms with Crippen LogP contribution in [0, 0.1) is 5.82 Å². The highest BCUT2D eigenvalue weighted by molar-refractivity contribution is 5.96. The number of methoxy groups -OCH3 is 1. The Balaban J connectivity index is 1.49. The average molecular weight is 416 g/mol. The van der Waals surface area contributed by atoms with Crippen molar-refractivity contribution in [2.45, 2.75) is 0 Å². The van der Waals surface area contributed by atoms with E-state index in [0.717, 1.165) is 0 Å². The van der Waals surface area contributed by atoms with Crippen LogP contribution in [-0.2, 0) is 11.8 Å². The van der Waals surface area contributed by atoms with E-state index in [2.05, 4.69) is 30.6 Å². The van der Waals surface area contributed by atoms with Gasteiger partial charge in [0, 0.05) is 31.8 Å². The van der Waals surface area contributed by atoms with E-state index < -0.39 is 23.6 Å². The summed E-state index contributed by atoms with van der Waals surface area (Å²) in [6, 6.07) is 6.70. The summed E-state index contributed by atoms with van der Waals surface area (Å²) in [7, 11) is 2.73. The second kappa shape index (κ2) is 8.94. The molecule has 0 saturated heterocycles. The van der Waals surface area contributed by atoms with Crippen LogP contribution in [0.5, 0.6) is 0 Å². The second-order valence-electron chi connectivity index (χ2n) is 5.97. The lowest BCUT2D eigenvalue weighted by Gasteiger charge is -2.05. The van der Waals surface area contributed by atoms with Gasteiger partial charge in [0.1, 0.15) is 11.5 Å². The molecule has 0 bridgehead atoms. The number of hydrogen-bond donors (Lipinski definition) is 2. The maximum atomic E-state index is 13.0. The molecule has 0 radical (unpaired) electrons. The molecule has 0 fully saturated rings. The van der Waals surface area contributed by atoms with Crippen LogP contribution in [0.1, 0.15) is 31.7 Å². The van der Waals surface area contributed by atoms with E-state index in [1.807, 2.05) is 0 Å². The largest absolute Gasteiger partial charge is 0.464 e. The minimum atomic E-state index is -0.656. The van der Waals surface area contributed by atoms with Crippen molar-refractivity contribution >= 4 is 17.8 Å². The van der Waals surface area contributed by atoms with E-state index >= 15 is 0 Å². The van der Waals surface area contributed by atoms with Crippen molar-refractivity contribution < 1.29 is 28.0 Å². The van der Waals surface area contributed by atoms with Gasteiger partial charge < -0.3 is 19.9 Å². The highest BCUT2D eigenvalue weighted by atomic mass is 19.1. The summed E-state index contributed by atoms with van der Waals surface area (Å²) >= 11 is 0. The third-order valence-electron chi connectivity index (χ3n) is 3.93. The average Bonchev–Trinajstić information content (AvgIpc) is 3.38. The van der Waals surface area contributed by atoms with Gasteiger partial charge >= 0.3 is 17.8 Å². The molecule has 12 heteroatoms. The van der Waals surface area contributed by atoms with Gasteiger partial charge in [0.15, 0.2) is 5.69 Å². The van der Waals surface area contributed by atoms with Gasteiger partial charge in [0.2, 0.25) is 5.82 Å². The molecule has 2 amide bonds. The number of rotatable bonds is 7. The fourth-order valence-corrected chi connectivity index (χ4v) is 2.43. The number of hydrogen-bond acceptors (Lipinski definition) is 8. The van der Waals surface area contributed by atoms with Gasteiger partial charge in [-0.05, 0) is 24.3 Å². The number of nitrogens with one attached hydrogen (secondary N) is 2. The lowest BCUT2D eigenvalue weighted by Crippen LogP contribution is -2.35. The maximum absolute atomic E-state index is 13.0. The highest BCUT2D eigenvalue weighted by Gasteiger charge is 2.18. The molecule has 156 valence electrons. The van der Waals surface area contributed by atoms with Crippen molar-refractivity contribution in [3.63, 3.8) is 0 Å². The summed E-state index contributed by atoms with van der Waals surface area (Å²) in [6.45, 7) is 0.183. The van der Waals surface area contributed by atoms with Gasteiger partial charge in [-0.25, -0.2) is 9.18 Å². The van der Waals surface area contributed by atoms with Crippen LogP contribution in [0.3, 0.4) is 0 Å². The molecular weight excluding hydrogens is 399 g/mol. The number of halogens is 1. The Hall–Kier alpha value is -4.09. The van der Waals surface area contributed by atoms with Gasteiger partial charge in [-0.1, -0.05) is 5.16 Å². The summed E-state index contributed by atoms with van der Waals surface area (Å²) < 4.78 is 23.7. The SMILES string of the molecule is COC(=O)c1cc(C(=O)NCCNC(=O)c2nc(-c3ccc(F)cc3)no2)n(C)n1.